The molecule has 0 atom stereocenters. The number of nitrogens with one attached hydrogen (secondary N) is 2. The molecule has 0 saturated heterocycles. The number of halogens is 1. The number of anilines is 2. The molecule has 0 bridgehead atoms. The third kappa shape index (κ3) is 2.86. The van der Waals surface area contributed by atoms with Gasteiger partial charge in [-0.25, -0.2) is 4.98 Å². The lowest BCUT2D eigenvalue weighted by Gasteiger charge is -2.11. The van der Waals surface area contributed by atoms with E-state index in [0.29, 0.717) is 0 Å². The molecule has 0 aliphatic carbocycles. The first-order valence-corrected chi connectivity index (χ1v) is 7.59. The van der Waals surface area contributed by atoms with Gasteiger partial charge < -0.3 is 22.5 Å². The maximum atomic E-state index is 5.32. The predicted molar refractivity (Wildman–Crippen MR) is 94.3 cm³/mol. The summed E-state index contributed by atoms with van der Waals surface area (Å²) in [4.78, 5) is 3.49. The average molecular weight is 337 g/mol. The number of H-pyrrole nitrogens is 1. The zero-order chi connectivity index (χ0) is 15.6. The first-order chi connectivity index (χ1) is 11.3. The summed E-state index contributed by atoms with van der Waals surface area (Å²) >= 11 is 0. The molecule has 0 amide bonds. The topological polar surface area (TPSA) is 35.4 Å². The molecule has 0 radical (unpaired) electrons. The number of hydrogen-bond donors (Lipinski definition) is 1. The largest absolute Gasteiger partial charge is 1.00 e. The fourth-order valence-electron chi connectivity index (χ4n) is 2.89. The van der Waals surface area contributed by atoms with Crippen LogP contribution in [0.15, 0.2) is 72.8 Å². The first kappa shape index (κ1) is 16.1. The van der Waals surface area contributed by atoms with Crippen molar-refractivity contribution in [1.29, 1.82) is 0 Å². The molecule has 1 aromatic heterocycles. The van der Waals surface area contributed by atoms with E-state index in [2.05, 4.69) is 46.7 Å². The number of ether oxygens (including phenoxy) is 1. The van der Waals surface area contributed by atoms with Crippen LogP contribution >= 0.6 is 0 Å². The Labute approximate surface area is 146 Å². The molecule has 24 heavy (non-hydrogen) atoms. The summed E-state index contributed by atoms with van der Waals surface area (Å²) in [7, 11) is 1.68. The summed E-state index contributed by atoms with van der Waals surface area (Å²) in [6, 6.07) is 24.6. The van der Waals surface area contributed by atoms with Crippen LogP contribution in [0.25, 0.3) is 21.8 Å². The number of para-hydroxylation sites is 2. The zero-order valence-corrected chi connectivity index (χ0v) is 14.0. The van der Waals surface area contributed by atoms with Crippen LogP contribution in [-0.4, -0.2) is 7.11 Å². The lowest BCUT2D eigenvalue weighted by Crippen LogP contribution is -3.00. The highest BCUT2D eigenvalue weighted by Crippen LogP contribution is 2.31. The first-order valence-electron chi connectivity index (χ1n) is 7.59. The fourth-order valence-corrected chi connectivity index (χ4v) is 2.89. The second-order valence-electron chi connectivity index (χ2n) is 5.45. The minimum absolute atomic E-state index is 0. The van der Waals surface area contributed by atoms with Crippen molar-refractivity contribution >= 4 is 33.2 Å². The third-order valence-corrected chi connectivity index (χ3v) is 4.00. The van der Waals surface area contributed by atoms with Gasteiger partial charge >= 0.3 is 0 Å². The minimum Gasteiger partial charge on any atom is -1.00 e. The molecule has 4 rings (SSSR count). The van der Waals surface area contributed by atoms with Crippen LogP contribution in [0.1, 0.15) is 0 Å². The molecule has 0 saturated carbocycles. The Morgan fingerprint density at radius 2 is 1.42 bits per heavy atom. The quantitative estimate of drug-likeness (QED) is 0.576. The second kappa shape index (κ2) is 6.77. The highest BCUT2D eigenvalue weighted by molar-refractivity contribution is 6.05. The highest BCUT2D eigenvalue weighted by atomic mass is 35.5. The van der Waals surface area contributed by atoms with Crippen LogP contribution in [0.2, 0.25) is 0 Å². The Balaban J connectivity index is 0.00000169. The van der Waals surface area contributed by atoms with Gasteiger partial charge in [0, 0.05) is 23.9 Å². The van der Waals surface area contributed by atoms with Crippen molar-refractivity contribution in [3.05, 3.63) is 72.8 Å². The van der Waals surface area contributed by atoms with Gasteiger partial charge in [-0.1, -0.05) is 30.3 Å². The van der Waals surface area contributed by atoms with Crippen LogP contribution in [-0.2, 0) is 0 Å². The van der Waals surface area contributed by atoms with Crippen molar-refractivity contribution in [1.82, 2.24) is 0 Å². The van der Waals surface area contributed by atoms with Gasteiger partial charge in [-0.2, -0.15) is 0 Å². The van der Waals surface area contributed by atoms with Gasteiger partial charge in [0.25, 0.3) is 0 Å². The van der Waals surface area contributed by atoms with E-state index in [1.807, 2.05) is 36.4 Å². The summed E-state index contributed by atoms with van der Waals surface area (Å²) in [6.07, 6.45) is 0. The van der Waals surface area contributed by atoms with Crippen LogP contribution in [0.3, 0.4) is 0 Å². The van der Waals surface area contributed by atoms with E-state index in [1.165, 1.54) is 0 Å². The molecule has 1 heterocycles. The fraction of sp³-hybridized carbons (Fsp3) is 0.0500. The molecule has 3 nitrogen and oxygen atoms in total. The molecule has 4 aromatic rings. The second-order valence-corrected chi connectivity index (χ2v) is 5.45. The number of pyridine rings is 1. The number of fused-ring (bicyclic) bond motifs is 2. The van der Waals surface area contributed by atoms with Gasteiger partial charge in [-0.15, -0.1) is 0 Å². The number of rotatable bonds is 3. The number of methoxy groups -OCH3 is 1. The maximum absolute atomic E-state index is 5.32. The van der Waals surface area contributed by atoms with Gasteiger partial charge in [-0.05, 0) is 24.3 Å². The maximum Gasteiger partial charge on any atom is 0.213 e. The molecule has 120 valence electrons. The van der Waals surface area contributed by atoms with Crippen molar-refractivity contribution in [3.8, 4) is 5.75 Å². The summed E-state index contributed by atoms with van der Waals surface area (Å²) < 4.78 is 5.32. The van der Waals surface area contributed by atoms with Crippen molar-refractivity contribution in [2.24, 2.45) is 0 Å². The Bertz CT molecular complexity index is 947. The molecule has 4 heteroatoms. The average Bonchev–Trinajstić information content (AvgIpc) is 2.61. The number of aromatic amines is 1. The lowest BCUT2D eigenvalue weighted by molar-refractivity contribution is -0.310. The van der Waals surface area contributed by atoms with Crippen LogP contribution in [0.4, 0.5) is 11.4 Å². The van der Waals surface area contributed by atoms with E-state index < -0.39 is 0 Å². The van der Waals surface area contributed by atoms with Crippen LogP contribution < -0.4 is 27.4 Å². The van der Waals surface area contributed by atoms with Gasteiger partial charge in [0.15, 0.2) is 0 Å². The van der Waals surface area contributed by atoms with Gasteiger partial charge in [-0.3, -0.25) is 0 Å². The number of hydrogen-bond acceptors (Lipinski definition) is 2. The summed E-state index contributed by atoms with van der Waals surface area (Å²) in [6.45, 7) is 0. The van der Waals surface area contributed by atoms with Gasteiger partial charge in [0.2, 0.25) is 11.0 Å². The number of benzene rings is 3. The summed E-state index contributed by atoms with van der Waals surface area (Å²) in [5.41, 5.74) is 4.32. The smallest absolute Gasteiger partial charge is 0.213 e. The molecule has 0 aliphatic heterocycles. The molecular formula is C20H17ClN2O. The molecule has 0 aliphatic rings. The van der Waals surface area contributed by atoms with E-state index in [9.17, 15) is 0 Å². The Kier molecular flexibility index (Phi) is 4.54. The summed E-state index contributed by atoms with van der Waals surface area (Å²) in [5.74, 6) is 0.839. The molecular weight excluding hydrogens is 320 g/mol. The van der Waals surface area contributed by atoms with E-state index in [-0.39, 0.29) is 12.4 Å². The zero-order valence-electron chi connectivity index (χ0n) is 13.2. The molecule has 3 aromatic carbocycles. The third-order valence-electron chi connectivity index (χ3n) is 4.00. The monoisotopic (exact) mass is 336 g/mol. The van der Waals surface area contributed by atoms with Gasteiger partial charge in [0.1, 0.15) is 5.75 Å². The standard InChI is InChI=1S/C20H16N2O.ClH/c1-23-15-8-6-7-14(13-15)21-20-16-9-2-4-11-18(16)22-19-12-5-3-10-17(19)20;/h2-13H,1H3,(H,21,22);1H. The van der Waals surface area contributed by atoms with Crippen molar-refractivity contribution in [2.45, 2.75) is 0 Å². The van der Waals surface area contributed by atoms with E-state index in [4.69, 9.17) is 4.74 Å². The van der Waals surface area contributed by atoms with Gasteiger partial charge in [0.05, 0.1) is 23.6 Å². The minimum atomic E-state index is 0. The van der Waals surface area contributed by atoms with Crippen molar-refractivity contribution < 1.29 is 22.1 Å². The molecule has 2 N–H and O–H groups in total. The molecule has 0 spiro atoms. The Morgan fingerprint density at radius 3 is 2.04 bits per heavy atom. The summed E-state index contributed by atoms with van der Waals surface area (Å²) in [5, 5.41) is 5.89. The molecule has 0 fully saturated rings. The van der Waals surface area contributed by atoms with Crippen molar-refractivity contribution in [3.63, 3.8) is 0 Å². The normalized spacial score (nSPS) is 10.4. The Morgan fingerprint density at radius 1 is 0.792 bits per heavy atom. The van der Waals surface area contributed by atoms with E-state index in [0.717, 1.165) is 38.9 Å². The highest BCUT2D eigenvalue weighted by Gasteiger charge is 2.13. The lowest BCUT2D eigenvalue weighted by atomic mass is 10.1. The van der Waals surface area contributed by atoms with Crippen LogP contribution in [0, 0.1) is 0 Å². The predicted octanol–water partition coefficient (Wildman–Crippen LogP) is 1.56. The van der Waals surface area contributed by atoms with Crippen LogP contribution in [0.5, 0.6) is 5.75 Å². The molecule has 0 unspecified atom stereocenters. The van der Waals surface area contributed by atoms with Crippen molar-refractivity contribution in [2.75, 3.05) is 12.4 Å². The SMILES string of the molecule is COc1cccc(Nc2c3ccccc3[nH+]c3ccccc23)c1.[Cl-]. The van der Waals surface area contributed by atoms with E-state index in [1.54, 1.807) is 7.11 Å². The van der Waals surface area contributed by atoms with E-state index >= 15 is 0 Å². The number of aromatic nitrogens is 1. The Hall–Kier alpha value is -2.78.